The number of carbonyl (C=O) groups is 2. The number of ether oxygens (including phenoxy) is 1. The lowest BCUT2D eigenvalue weighted by Gasteiger charge is -1.97. The second-order valence-electron chi connectivity index (χ2n) is 3.23. The molecule has 0 aliphatic carbocycles. The summed E-state index contributed by atoms with van der Waals surface area (Å²) in [4.78, 5) is 22.1. The molecule has 0 radical (unpaired) electrons. The maximum Gasteiger partial charge on any atom is 0.340 e. The van der Waals surface area contributed by atoms with E-state index in [0.717, 1.165) is 5.56 Å². The van der Waals surface area contributed by atoms with Gasteiger partial charge in [0.1, 0.15) is 0 Å². The van der Waals surface area contributed by atoms with E-state index in [9.17, 15) is 9.59 Å². The summed E-state index contributed by atoms with van der Waals surface area (Å²) >= 11 is 0. The third-order valence-electron chi connectivity index (χ3n) is 1.75. The summed E-state index contributed by atoms with van der Waals surface area (Å²) in [7, 11) is 0. The predicted molar refractivity (Wildman–Crippen MR) is 61.4 cm³/mol. The summed E-state index contributed by atoms with van der Waals surface area (Å²) in [5.41, 5.74) is 1.06. The van der Waals surface area contributed by atoms with Crippen LogP contribution in [0.25, 0.3) is 6.08 Å². The van der Waals surface area contributed by atoms with Crippen LogP contribution in [0.2, 0.25) is 0 Å². The number of esters is 2. The quantitative estimate of drug-likeness (QED) is 0.442. The van der Waals surface area contributed by atoms with Crippen molar-refractivity contribution < 1.29 is 14.3 Å². The standard InChI is InChI=1S/C13H12O3/c1-10(2)13(15)16-12(14)9-8-11-6-4-3-5-7-11/h3-9H,1H2,2H3/b9-8+. The van der Waals surface area contributed by atoms with Gasteiger partial charge in [-0.3, -0.25) is 0 Å². The van der Waals surface area contributed by atoms with Crippen LogP contribution in [0.4, 0.5) is 0 Å². The van der Waals surface area contributed by atoms with Crippen LogP contribution >= 0.6 is 0 Å². The van der Waals surface area contributed by atoms with E-state index in [1.54, 1.807) is 6.08 Å². The van der Waals surface area contributed by atoms with Crippen LogP contribution in [-0.4, -0.2) is 11.9 Å². The zero-order chi connectivity index (χ0) is 12.0. The zero-order valence-electron chi connectivity index (χ0n) is 8.97. The van der Waals surface area contributed by atoms with Crippen molar-refractivity contribution >= 4 is 18.0 Å². The van der Waals surface area contributed by atoms with Crippen molar-refractivity contribution in [1.29, 1.82) is 0 Å². The highest BCUT2D eigenvalue weighted by molar-refractivity contribution is 6.00. The first kappa shape index (κ1) is 11.9. The van der Waals surface area contributed by atoms with Gasteiger partial charge in [-0.1, -0.05) is 36.9 Å². The fourth-order valence-corrected chi connectivity index (χ4v) is 0.941. The molecule has 0 saturated carbocycles. The summed E-state index contributed by atoms with van der Waals surface area (Å²) < 4.78 is 4.47. The van der Waals surface area contributed by atoms with Crippen LogP contribution in [0.15, 0.2) is 48.6 Å². The third kappa shape index (κ3) is 3.92. The van der Waals surface area contributed by atoms with Gasteiger partial charge in [-0.25, -0.2) is 9.59 Å². The Morgan fingerprint density at radius 2 is 1.88 bits per heavy atom. The van der Waals surface area contributed by atoms with Crippen molar-refractivity contribution in [2.45, 2.75) is 6.92 Å². The summed E-state index contributed by atoms with van der Waals surface area (Å²) in [5, 5.41) is 0. The molecule has 0 bridgehead atoms. The maximum absolute atomic E-state index is 11.2. The van der Waals surface area contributed by atoms with E-state index in [4.69, 9.17) is 0 Å². The van der Waals surface area contributed by atoms with Crippen molar-refractivity contribution in [3.8, 4) is 0 Å². The Kier molecular flexibility index (Phi) is 4.21. The van der Waals surface area contributed by atoms with Gasteiger partial charge in [0, 0.05) is 11.6 Å². The summed E-state index contributed by atoms with van der Waals surface area (Å²) in [6.07, 6.45) is 2.78. The number of benzene rings is 1. The molecule has 0 aromatic heterocycles. The fraction of sp³-hybridized carbons (Fsp3) is 0.0769. The van der Waals surface area contributed by atoms with Gasteiger partial charge >= 0.3 is 11.9 Å². The van der Waals surface area contributed by atoms with Crippen LogP contribution < -0.4 is 0 Å². The van der Waals surface area contributed by atoms with Crippen LogP contribution in [0.5, 0.6) is 0 Å². The fourth-order valence-electron chi connectivity index (χ4n) is 0.941. The summed E-state index contributed by atoms with van der Waals surface area (Å²) in [6, 6.07) is 9.25. The van der Waals surface area contributed by atoms with Gasteiger partial charge in [-0.05, 0) is 18.6 Å². The molecule has 0 amide bonds. The topological polar surface area (TPSA) is 43.4 Å². The van der Waals surface area contributed by atoms with Crippen LogP contribution in [-0.2, 0) is 14.3 Å². The molecule has 16 heavy (non-hydrogen) atoms. The Balaban J connectivity index is 2.55. The van der Waals surface area contributed by atoms with E-state index in [1.165, 1.54) is 13.0 Å². The number of hydrogen-bond acceptors (Lipinski definition) is 3. The molecule has 0 atom stereocenters. The van der Waals surface area contributed by atoms with Crippen LogP contribution in [0.1, 0.15) is 12.5 Å². The lowest BCUT2D eigenvalue weighted by molar-refractivity contribution is -0.153. The molecule has 0 spiro atoms. The minimum Gasteiger partial charge on any atom is -0.386 e. The van der Waals surface area contributed by atoms with Gasteiger partial charge in [-0.15, -0.1) is 0 Å². The lowest BCUT2D eigenvalue weighted by atomic mass is 10.2. The van der Waals surface area contributed by atoms with Gasteiger partial charge in [0.15, 0.2) is 0 Å². The van der Waals surface area contributed by atoms with E-state index in [2.05, 4.69) is 11.3 Å². The maximum atomic E-state index is 11.2. The first-order chi connectivity index (χ1) is 7.59. The molecule has 0 aliphatic heterocycles. The first-order valence-corrected chi connectivity index (χ1v) is 4.74. The highest BCUT2D eigenvalue weighted by atomic mass is 16.6. The monoisotopic (exact) mass is 216 g/mol. The molecule has 0 aliphatic rings. The van der Waals surface area contributed by atoms with Gasteiger partial charge in [-0.2, -0.15) is 0 Å². The normalized spacial score (nSPS) is 10.1. The average molecular weight is 216 g/mol. The molecule has 3 heteroatoms. The SMILES string of the molecule is C=C(C)C(=O)OC(=O)/C=C/c1ccccc1. The number of hydrogen-bond donors (Lipinski definition) is 0. The Morgan fingerprint density at radius 1 is 1.25 bits per heavy atom. The smallest absolute Gasteiger partial charge is 0.340 e. The molecule has 0 unspecified atom stereocenters. The number of carbonyl (C=O) groups excluding carboxylic acids is 2. The molecule has 0 fully saturated rings. The molecule has 3 nitrogen and oxygen atoms in total. The average Bonchev–Trinajstić information content (AvgIpc) is 2.27. The molecular weight excluding hydrogens is 204 g/mol. The van der Waals surface area contributed by atoms with Crippen LogP contribution in [0.3, 0.4) is 0 Å². The second kappa shape index (κ2) is 5.66. The van der Waals surface area contributed by atoms with Crippen LogP contribution in [0, 0.1) is 0 Å². The highest BCUT2D eigenvalue weighted by Gasteiger charge is 2.07. The Labute approximate surface area is 94.0 Å². The zero-order valence-corrected chi connectivity index (χ0v) is 8.97. The van der Waals surface area contributed by atoms with E-state index < -0.39 is 11.9 Å². The Morgan fingerprint density at radius 3 is 2.44 bits per heavy atom. The molecule has 0 saturated heterocycles. The van der Waals surface area contributed by atoms with E-state index in [0.29, 0.717) is 0 Å². The molecule has 1 aromatic carbocycles. The second-order valence-corrected chi connectivity index (χ2v) is 3.23. The van der Waals surface area contributed by atoms with Gasteiger partial charge in [0.25, 0.3) is 0 Å². The minimum atomic E-state index is -0.706. The molecular formula is C13H12O3. The molecule has 0 N–H and O–H groups in total. The number of rotatable bonds is 3. The first-order valence-electron chi connectivity index (χ1n) is 4.74. The van der Waals surface area contributed by atoms with Crippen molar-refractivity contribution in [2.75, 3.05) is 0 Å². The minimum absolute atomic E-state index is 0.196. The Bertz CT molecular complexity index is 430. The predicted octanol–water partition coefficient (Wildman–Crippen LogP) is 2.35. The third-order valence-corrected chi connectivity index (χ3v) is 1.75. The van der Waals surface area contributed by atoms with Crippen molar-refractivity contribution in [3.63, 3.8) is 0 Å². The highest BCUT2D eigenvalue weighted by Crippen LogP contribution is 2.01. The van der Waals surface area contributed by atoms with Gasteiger partial charge in [0.05, 0.1) is 0 Å². The van der Waals surface area contributed by atoms with E-state index in [-0.39, 0.29) is 5.57 Å². The lowest BCUT2D eigenvalue weighted by Crippen LogP contribution is -2.10. The van der Waals surface area contributed by atoms with Gasteiger partial charge < -0.3 is 4.74 Å². The van der Waals surface area contributed by atoms with E-state index >= 15 is 0 Å². The molecule has 1 rings (SSSR count). The molecule has 0 heterocycles. The van der Waals surface area contributed by atoms with Crippen molar-refractivity contribution in [3.05, 3.63) is 54.1 Å². The van der Waals surface area contributed by atoms with Gasteiger partial charge in [0.2, 0.25) is 0 Å². The van der Waals surface area contributed by atoms with Crippen molar-refractivity contribution in [2.24, 2.45) is 0 Å². The van der Waals surface area contributed by atoms with Crippen molar-refractivity contribution in [1.82, 2.24) is 0 Å². The summed E-state index contributed by atoms with van der Waals surface area (Å²) in [6.45, 7) is 4.86. The van der Waals surface area contributed by atoms with E-state index in [1.807, 2.05) is 30.3 Å². The summed E-state index contributed by atoms with van der Waals surface area (Å²) in [5.74, 6) is -1.40. The molecule has 1 aromatic rings. The molecule has 82 valence electrons. The Hall–Kier alpha value is -2.16. The largest absolute Gasteiger partial charge is 0.386 e.